The molecule has 0 aliphatic rings. The van der Waals surface area contributed by atoms with Crippen LogP contribution in [0.2, 0.25) is 0 Å². The molecular weight excluding hydrogens is 294 g/mol. The zero-order chi connectivity index (χ0) is 9.30. The van der Waals surface area contributed by atoms with Crippen molar-refractivity contribution in [2.45, 2.75) is 0 Å². The summed E-state index contributed by atoms with van der Waals surface area (Å²) in [4.78, 5) is 0. The van der Waals surface area contributed by atoms with E-state index in [1.54, 1.807) is 0 Å². The summed E-state index contributed by atoms with van der Waals surface area (Å²) >= 11 is 5.87. The molecule has 1 aromatic carbocycles. The van der Waals surface area contributed by atoms with Crippen molar-refractivity contribution in [3.63, 3.8) is 0 Å². The van der Waals surface area contributed by atoms with Crippen LogP contribution in [0.15, 0.2) is 21.1 Å². The van der Waals surface area contributed by atoms with Gasteiger partial charge in [-0.05, 0) is 43.4 Å². The van der Waals surface area contributed by atoms with Crippen molar-refractivity contribution in [1.29, 1.82) is 0 Å². The monoisotopic (exact) mass is 296 g/mol. The molecule has 2 nitrogen and oxygen atoms in total. The van der Waals surface area contributed by atoms with Gasteiger partial charge in [-0.15, -0.1) is 0 Å². The van der Waals surface area contributed by atoms with E-state index in [0.717, 1.165) is 0 Å². The van der Waals surface area contributed by atoms with Gasteiger partial charge >= 0.3 is 7.12 Å². The van der Waals surface area contributed by atoms with Gasteiger partial charge in [0.05, 0.1) is 8.95 Å². The van der Waals surface area contributed by atoms with Crippen LogP contribution in [0.25, 0.3) is 0 Å². The van der Waals surface area contributed by atoms with Gasteiger partial charge in [0.25, 0.3) is 0 Å². The first-order valence-electron chi connectivity index (χ1n) is 3.03. The molecule has 6 heteroatoms. The first-order valence-corrected chi connectivity index (χ1v) is 4.62. The molecule has 0 saturated heterocycles. The van der Waals surface area contributed by atoms with Crippen LogP contribution in [-0.2, 0) is 0 Å². The van der Waals surface area contributed by atoms with E-state index in [4.69, 9.17) is 10.0 Å². The van der Waals surface area contributed by atoms with E-state index in [9.17, 15) is 4.39 Å². The van der Waals surface area contributed by atoms with Gasteiger partial charge in [0, 0.05) is 0 Å². The Kier molecular flexibility index (Phi) is 3.28. The fraction of sp³-hybridized carbons (Fsp3) is 0. The molecule has 0 saturated carbocycles. The number of hydrogen-bond acceptors (Lipinski definition) is 2. The van der Waals surface area contributed by atoms with Crippen molar-refractivity contribution in [2.24, 2.45) is 0 Å². The Hall–Kier alpha value is 0.0949. The quantitative estimate of drug-likeness (QED) is 0.600. The van der Waals surface area contributed by atoms with Gasteiger partial charge in [-0.2, -0.15) is 0 Å². The lowest BCUT2D eigenvalue weighted by Gasteiger charge is -2.04. The Labute approximate surface area is 85.8 Å². The third-order valence-electron chi connectivity index (χ3n) is 1.34. The van der Waals surface area contributed by atoms with Crippen LogP contribution < -0.4 is 5.46 Å². The fourth-order valence-electron chi connectivity index (χ4n) is 0.740. The van der Waals surface area contributed by atoms with E-state index >= 15 is 0 Å². The minimum atomic E-state index is -1.66. The van der Waals surface area contributed by atoms with Crippen LogP contribution >= 0.6 is 31.9 Å². The Morgan fingerprint density at radius 2 is 1.83 bits per heavy atom. The molecule has 0 bridgehead atoms. The maximum absolute atomic E-state index is 13.0. The molecule has 12 heavy (non-hydrogen) atoms. The van der Waals surface area contributed by atoms with Crippen molar-refractivity contribution in [2.75, 3.05) is 0 Å². The standard InChI is InChI=1S/C6H4BBr2FO2/c8-4-2-1-3(7(11)12)5(9)6(4)10/h1-2,11-12H. The highest BCUT2D eigenvalue weighted by Crippen LogP contribution is 2.21. The van der Waals surface area contributed by atoms with Gasteiger partial charge in [-0.25, -0.2) is 4.39 Å². The van der Waals surface area contributed by atoms with Gasteiger partial charge in [0.2, 0.25) is 0 Å². The predicted octanol–water partition coefficient (Wildman–Crippen LogP) is 1.03. The molecule has 0 atom stereocenters. The highest BCUT2D eigenvalue weighted by molar-refractivity contribution is 9.11. The summed E-state index contributed by atoms with van der Waals surface area (Å²) in [5.74, 6) is -0.541. The number of hydrogen-bond donors (Lipinski definition) is 2. The molecule has 0 unspecified atom stereocenters. The number of halogens is 3. The molecule has 0 fully saturated rings. The second-order valence-electron chi connectivity index (χ2n) is 2.14. The van der Waals surface area contributed by atoms with Gasteiger partial charge in [-0.3, -0.25) is 0 Å². The van der Waals surface area contributed by atoms with Crippen molar-refractivity contribution in [3.05, 3.63) is 26.9 Å². The van der Waals surface area contributed by atoms with Crippen LogP contribution in [0.1, 0.15) is 0 Å². The van der Waals surface area contributed by atoms with E-state index in [2.05, 4.69) is 31.9 Å². The van der Waals surface area contributed by atoms with Crippen LogP contribution in [0, 0.1) is 5.82 Å². The normalized spacial score (nSPS) is 10.1. The maximum Gasteiger partial charge on any atom is 0.489 e. The lowest BCUT2D eigenvalue weighted by atomic mass is 9.80. The molecule has 0 amide bonds. The summed E-state index contributed by atoms with van der Waals surface area (Å²) in [5.41, 5.74) is 0.107. The summed E-state index contributed by atoms with van der Waals surface area (Å²) < 4.78 is 13.4. The van der Waals surface area contributed by atoms with Gasteiger partial charge in [-0.1, -0.05) is 6.07 Å². The van der Waals surface area contributed by atoms with Crippen molar-refractivity contribution < 1.29 is 14.4 Å². The Morgan fingerprint density at radius 1 is 1.25 bits per heavy atom. The molecule has 0 radical (unpaired) electrons. The highest BCUT2D eigenvalue weighted by Gasteiger charge is 2.18. The third kappa shape index (κ3) is 1.88. The Bertz CT molecular complexity index is 306. The summed E-state index contributed by atoms with van der Waals surface area (Å²) in [5, 5.41) is 17.5. The molecule has 0 aliphatic heterocycles. The third-order valence-corrected chi connectivity index (χ3v) is 2.76. The highest BCUT2D eigenvalue weighted by atomic mass is 79.9. The van der Waals surface area contributed by atoms with Crippen LogP contribution in [-0.4, -0.2) is 17.2 Å². The predicted molar refractivity (Wildman–Crippen MR) is 51.6 cm³/mol. The van der Waals surface area contributed by atoms with E-state index in [1.165, 1.54) is 12.1 Å². The molecule has 1 aromatic rings. The lowest BCUT2D eigenvalue weighted by molar-refractivity contribution is 0.425. The summed E-state index contributed by atoms with van der Waals surface area (Å²) in [6.07, 6.45) is 0. The number of benzene rings is 1. The van der Waals surface area contributed by atoms with Gasteiger partial charge < -0.3 is 10.0 Å². The minimum absolute atomic E-state index is 0.0619. The summed E-state index contributed by atoms with van der Waals surface area (Å²) in [6, 6.07) is 2.83. The topological polar surface area (TPSA) is 40.5 Å². The summed E-state index contributed by atoms with van der Waals surface area (Å²) in [7, 11) is -1.66. The molecule has 2 N–H and O–H groups in total. The Morgan fingerprint density at radius 3 is 2.33 bits per heavy atom. The molecule has 1 rings (SSSR count). The number of rotatable bonds is 1. The zero-order valence-electron chi connectivity index (χ0n) is 5.76. The second kappa shape index (κ2) is 3.87. The van der Waals surface area contributed by atoms with E-state index < -0.39 is 12.9 Å². The lowest BCUT2D eigenvalue weighted by Crippen LogP contribution is -2.31. The van der Waals surface area contributed by atoms with Crippen LogP contribution in [0.3, 0.4) is 0 Å². The molecular formula is C6H4BBr2FO2. The van der Waals surface area contributed by atoms with Crippen molar-refractivity contribution in [1.82, 2.24) is 0 Å². The van der Waals surface area contributed by atoms with Crippen LogP contribution in [0.4, 0.5) is 4.39 Å². The molecule has 64 valence electrons. The van der Waals surface area contributed by atoms with Gasteiger partial charge in [0.15, 0.2) is 5.82 Å². The second-order valence-corrected chi connectivity index (χ2v) is 3.79. The smallest absolute Gasteiger partial charge is 0.423 e. The fourth-order valence-corrected chi connectivity index (χ4v) is 1.89. The van der Waals surface area contributed by atoms with E-state index in [-0.39, 0.29) is 14.4 Å². The minimum Gasteiger partial charge on any atom is -0.423 e. The molecule has 0 heterocycles. The average molecular weight is 298 g/mol. The SMILES string of the molecule is OB(O)c1ccc(Br)c(F)c1Br. The molecule has 0 aromatic heterocycles. The van der Waals surface area contributed by atoms with E-state index in [0.29, 0.717) is 0 Å². The Balaban J connectivity index is 3.27. The van der Waals surface area contributed by atoms with Gasteiger partial charge in [0.1, 0.15) is 0 Å². The van der Waals surface area contributed by atoms with E-state index in [1.807, 2.05) is 0 Å². The summed E-state index contributed by atoms with van der Waals surface area (Å²) in [6.45, 7) is 0. The van der Waals surface area contributed by atoms with Crippen molar-refractivity contribution >= 4 is 44.4 Å². The molecule has 0 aliphatic carbocycles. The average Bonchev–Trinajstić information content (AvgIpc) is 2.00. The zero-order valence-corrected chi connectivity index (χ0v) is 8.93. The van der Waals surface area contributed by atoms with Crippen molar-refractivity contribution in [3.8, 4) is 0 Å². The first-order chi connectivity index (χ1) is 5.54. The maximum atomic E-state index is 13.0. The molecule has 0 spiro atoms. The first kappa shape index (κ1) is 10.2. The largest absolute Gasteiger partial charge is 0.489 e. The van der Waals surface area contributed by atoms with Crippen LogP contribution in [0.5, 0.6) is 0 Å².